The summed E-state index contributed by atoms with van der Waals surface area (Å²) in [7, 11) is 0. The van der Waals surface area contributed by atoms with Crippen molar-refractivity contribution in [3.63, 3.8) is 0 Å². The van der Waals surface area contributed by atoms with Crippen molar-refractivity contribution < 1.29 is 14.4 Å². The maximum Gasteiger partial charge on any atom is 0.231 e. The largest absolute Gasteiger partial charge is 0.550 e. The first-order valence-electron chi connectivity index (χ1n) is 6.50. The zero-order valence-corrected chi connectivity index (χ0v) is 10.7. The fourth-order valence-electron chi connectivity index (χ4n) is 2.44. The van der Waals surface area contributed by atoms with Gasteiger partial charge in [0.25, 0.3) is 0 Å². The van der Waals surface area contributed by atoms with E-state index < -0.39 is 11.9 Å². The van der Waals surface area contributed by atoms with Gasteiger partial charge in [-0.2, -0.15) is 4.98 Å². The predicted molar refractivity (Wildman–Crippen MR) is 69.3 cm³/mol. The number of rotatable bonds is 3. The van der Waals surface area contributed by atoms with Crippen molar-refractivity contribution in [1.82, 2.24) is 10.1 Å². The van der Waals surface area contributed by atoms with Crippen molar-refractivity contribution in [2.24, 2.45) is 5.92 Å². The lowest BCUT2D eigenvalue weighted by molar-refractivity contribution is -0.312. The highest BCUT2D eigenvalue weighted by atomic mass is 16.5. The molecule has 0 saturated heterocycles. The quantitative estimate of drug-likeness (QED) is 0.789. The molecule has 0 amide bonds. The number of carbonyl (C=O) groups is 1. The highest BCUT2D eigenvalue weighted by Crippen LogP contribution is 2.34. The number of aliphatic carboxylic acids is 1. The van der Waals surface area contributed by atoms with Gasteiger partial charge in [0, 0.05) is 17.5 Å². The lowest BCUT2D eigenvalue weighted by atomic mass is 9.83. The lowest BCUT2D eigenvalue weighted by Gasteiger charge is -2.26. The van der Waals surface area contributed by atoms with Crippen LogP contribution in [-0.2, 0) is 4.79 Å². The molecule has 0 N–H and O–H groups in total. The molecule has 0 fully saturated rings. The number of nitrogens with zero attached hydrogens (tertiary/aromatic N) is 2. The molecule has 5 nitrogen and oxygen atoms in total. The van der Waals surface area contributed by atoms with Crippen LogP contribution >= 0.6 is 0 Å². The number of carboxylic acid groups (broad SMARTS) is 1. The van der Waals surface area contributed by atoms with Crippen LogP contribution < -0.4 is 5.11 Å². The summed E-state index contributed by atoms with van der Waals surface area (Å²) < 4.78 is 5.25. The second-order valence-electron chi connectivity index (χ2n) is 4.80. The van der Waals surface area contributed by atoms with E-state index in [0.717, 1.165) is 5.56 Å². The van der Waals surface area contributed by atoms with E-state index in [9.17, 15) is 9.90 Å². The van der Waals surface area contributed by atoms with Gasteiger partial charge >= 0.3 is 0 Å². The molecule has 5 heteroatoms. The number of carboxylic acids is 1. The van der Waals surface area contributed by atoms with E-state index >= 15 is 0 Å². The van der Waals surface area contributed by atoms with Gasteiger partial charge in [-0.15, -0.1) is 0 Å². The van der Waals surface area contributed by atoms with E-state index in [1.807, 2.05) is 42.5 Å². The number of carbonyl (C=O) groups excluding carboxylic acids is 1. The molecule has 2 atom stereocenters. The Balaban J connectivity index is 1.90. The number of benzene rings is 1. The Morgan fingerprint density at radius 2 is 1.95 bits per heavy atom. The van der Waals surface area contributed by atoms with E-state index in [1.165, 1.54) is 0 Å². The van der Waals surface area contributed by atoms with E-state index in [0.29, 0.717) is 24.6 Å². The number of allylic oxidation sites excluding steroid dienone is 2. The summed E-state index contributed by atoms with van der Waals surface area (Å²) in [5, 5.41) is 15.1. The van der Waals surface area contributed by atoms with Gasteiger partial charge in [0.15, 0.2) is 0 Å². The molecule has 0 radical (unpaired) electrons. The monoisotopic (exact) mass is 269 g/mol. The Bertz CT molecular complexity index is 634. The minimum absolute atomic E-state index is 0.310. The molecule has 3 rings (SSSR count). The normalized spacial score (nSPS) is 21.8. The van der Waals surface area contributed by atoms with E-state index in [4.69, 9.17) is 4.52 Å². The van der Waals surface area contributed by atoms with Crippen molar-refractivity contribution in [2.45, 2.75) is 18.8 Å². The van der Waals surface area contributed by atoms with Gasteiger partial charge in [0.05, 0.1) is 5.92 Å². The van der Waals surface area contributed by atoms with Crippen LogP contribution in [-0.4, -0.2) is 16.1 Å². The highest BCUT2D eigenvalue weighted by Gasteiger charge is 2.29. The molecule has 1 aliphatic carbocycles. The van der Waals surface area contributed by atoms with Crippen molar-refractivity contribution in [3.8, 4) is 11.4 Å². The fourth-order valence-corrected chi connectivity index (χ4v) is 2.44. The first kappa shape index (κ1) is 12.6. The molecule has 1 aromatic heterocycles. The molecule has 2 aromatic rings. The molecule has 0 saturated carbocycles. The Hall–Kier alpha value is -2.43. The zero-order chi connectivity index (χ0) is 13.9. The summed E-state index contributed by atoms with van der Waals surface area (Å²) in [5.74, 6) is -1.15. The summed E-state index contributed by atoms with van der Waals surface area (Å²) >= 11 is 0. The number of hydrogen-bond donors (Lipinski definition) is 0. The second-order valence-corrected chi connectivity index (χ2v) is 4.80. The summed E-state index contributed by atoms with van der Waals surface area (Å²) in [6.45, 7) is 0. The molecular weight excluding hydrogens is 256 g/mol. The first-order chi connectivity index (χ1) is 9.75. The average molecular weight is 269 g/mol. The number of aromatic nitrogens is 2. The topological polar surface area (TPSA) is 79.0 Å². The minimum atomic E-state index is -1.07. The molecule has 0 bridgehead atoms. The van der Waals surface area contributed by atoms with Crippen LogP contribution in [0.1, 0.15) is 24.7 Å². The van der Waals surface area contributed by atoms with E-state index in [2.05, 4.69) is 10.1 Å². The van der Waals surface area contributed by atoms with Gasteiger partial charge in [-0.3, -0.25) is 0 Å². The van der Waals surface area contributed by atoms with Gasteiger partial charge in [-0.1, -0.05) is 47.6 Å². The predicted octanol–water partition coefficient (Wildman–Crippen LogP) is 1.54. The molecule has 1 aliphatic rings. The Kier molecular flexibility index (Phi) is 3.33. The van der Waals surface area contributed by atoms with Crippen molar-refractivity contribution in [2.75, 3.05) is 0 Å². The van der Waals surface area contributed by atoms with Gasteiger partial charge < -0.3 is 14.4 Å². The Morgan fingerprint density at radius 1 is 1.20 bits per heavy atom. The van der Waals surface area contributed by atoms with Crippen LogP contribution in [0.4, 0.5) is 0 Å². The van der Waals surface area contributed by atoms with Crippen molar-refractivity contribution >= 4 is 5.97 Å². The third kappa shape index (κ3) is 2.34. The SMILES string of the molecule is O=C([O-])C1CC=CCC1c1nc(-c2ccccc2)no1. The molecule has 2 unspecified atom stereocenters. The Morgan fingerprint density at radius 3 is 2.70 bits per heavy atom. The Labute approximate surface area is 115 Å². The number of hydrogen-bond acceptors (Lipinski definition) is 5. The highest BCUT2D eigenvalue weighted by molar-refractivity contribution is 5.69. The second kappa shape index (κ2) is 5.28. The van der Waals surface area contributed by atoms with Crippen molar-refractivity contribution in [1.29, 1.82) is 0 Å². The van der Waals surface area contributed by atoms with Gasteiger partial charge in [-0.05, 0) is 12.8 Å². The van der Waals surface area contributed by atoms with E-state index in [1.54, 1.807) is 0 Å². The molecule has 1 heterocycles. The van der Waals surface area contributed by atoms with E-state index in [-0.39, 0.29) is 5.92 Å². The van der Waals surface area contributed by atoms with Gasteiger partial charge in [-0.25, -0.2) is 0 Å². The maximum atomic E-state index is 11.2. The third-order valence-electron chi connectivity index (χ3n) is 3.53. The molecular formula is C15H13N2O3-. The van der Waals surface area contributed by atoms with Gasteiger partial charge in [0.2, 0.25) is 11.7 Å². The molecule has 20 heavy (non-hydrogen) atoms. The zero-order valence-electron chi connectivity index (χ0n) is 10.7. The molecule has 0 aliphatic heterocycles. The fraction of sp³-hybridized carbons (Fsp3) is 0.267. The third-order valence-corrected chi connectivity index (χ3v) is 3.53. The average Bonchev–Trinajstić information content (AvgIpc) is 2.98. The molecule has 1 aromatic carbocycles. The standard InChI is InChI=1S/C15H14N2O3/c18-15(19)12-9-5-4-8-11(12)14-16-13(17-20-14)10-6-2-1-3-7-10/h1-7,11-12H,8-9H2,(H,18,19)/p-1. The molecule has 0 spiro atoms. The lowest BCUT2D eigenvalue weighted by Crippen LogP contribution is -2.35. The van der Waals surface area contributed by atoms with Crippen LogP contribution in [0.2, 0.25) is 0 Å². The summed E-state index contributed by atoms with van der Waals surface area (Å²) in [6.07, 6.45) is 4.81. The summed E-state index contributed by atoms with van der Waals surface area (Å²) in [6, 6.07) is 9.44. The maximum absolute atomic E-state index is 11.2. The van der Waals surface area contributed by atoms with Crippen LogP contribution in [0.25, 0.3) is 11.4 Å². The van der Waals surface area contributed by atoms with Crippen LogP contribution in [0.5, 0.6) is 0 Å². The molecule has 102 valence electrons. The van der Waals surface area contributed by atoms with Gasteiger partial charge in [0.1, 0.15) is 0 Å². The summed E-state index contributed by atoms with van der Waals surface area (Å²) in [4.78, 5) is 15.5. The van der Waals surface area contributed by atoms with Crippen LogP contribution in [0, 0.1) is 5.92 Å². The van der Waals surface area contributed by atoms with Crippen LogP contribution in [0.15, 0.2) is 47.0 Å². The minimum Gasteiger partial charge on any atom is -0.550 e. The first-order valence-corrected chi connectivity index (χ1v) is 6.50. The smallest absolute Gasteiger partial charge is 0.231 e. The summed E-state index contributed by atoms with van der Waals surface area (Å²) in [5.41, 5.74) is 0.846. The van der Waals surface area contributed by atoms with Crippen molar-refractivity contribution in [3.05, 3.63) is 48.4 Å². The van der Waals surface area contributed by atoms with Crippen LogP contribution in [0.3, 0.4) is 0 Å².